The smallest absolute Gasteiger partial charge is 0.200 e. The first-order chi connectivity index (χ1) is 12.6. The molecular weight excluding hydrogens is 453 g/mol. The van der Waals surface area contributed by atoms with Crippen LogP contribution in [0.3, 0.4) is 0 Å². The van der Waals surface area contributed by atoms with Crippen LogP contribution in [0.4, 0.5) is 65.9 Å². The van der Waals surface area contributed by atoms with Crippen LogP contribution in [0.1, 0.15) is 45.4 Å². The number of hydrogen-bond acceptors (Lipinski definition) is 0. The van der Waals surface area contributed by atoms with E-state index in [1.807, 2.05) is 0 Å². The van der Waals surface area contributed by atoms with Crippen LogP contribution < -0.4 is 0 Å². The van der Waals surface area contributed by atoms with Gasteiger partial charge in [-0.2, -0.15) is 65.9 Å². The molecule has 29 heavy (non-hydrogen) atoms. The van der Waals surface area contributed by atoms with E-state index in [2.05, 4.69) is 0 Å². The van der Waals surface area contributed by atoms with Crippen LogP contribution >= 0.6 is 0 Å². The van der Waals surface area contributed by atoms with Gasteiger partial charge in [-0.1, -0.05) is 32.6 Å². The van der Waals surface area contributed by atoms with E-state index in [1.165, 1.54) is 0 Å². The average Bonchev–Trinajstić information content (AvgIpc) is 2.52. The molecule has 0 fully saturated rings. The third kappa shape index (κ3) is 4.52. The lowest BCUT2D eigenvalue weighted by molar-refractivity contribution is -0.452. The predicted molar refractivity (Wildman–Crippen MR) is 69.1 cm³/mol. The molecule has 0 atom stereocenters. The second-order valence-electron chi connectivity index (χ2n) is 6.24. The minimum absolute atomic E-state index is 0.139. The fraction of sp³-hybridized carbons (Fsp3) is 1.00. The molecule has 0 rings (SSSR count). The number of hydrogen-bond donors (Lipinski definition) is 0. The minimum Gasteiger partial charge on any atom is -0.200 e. The van der Waals surface area contributed by atoms with Crippen molar-refractivity contribution in [2.45, 2.75) is 87.2 Å². The van der Waals surface area contributed by atoms with Gasteiger partial charge in [-0.25, -0.2) is 0 Å². The predicted octanol–water partition coefficient (Wildman–Crippen LogP) is 7.72. The third-order valence-electron chi connectivity index (χ3n) is 3.99. The summed E-state index contributed by atoms with van der Waals surface area (Å²) in [6.45, 7) is 1.64. The van der Waals surface area contributed by atoms with E-state index in [9.17, 15) is 65.9 Å². The van der Waals surface area contributed by atoms with E-state index in [0.29, 0.717) is 12.8 Å². The first-order valence-corrected chi connectivity index (χ1v) is 7.90. The molecule has 0 heterocycles. The van der Waals surface area contributed by atoms with Crippen molar-refractivity contribution < 1.29 is 65.9 Å². The van der Waals surface area contributed by atoms with Crippen molar-refractivity contribution in [3.05, 3.63) is 0 Å². The first-order valence-electron chi connectivity index (χ1n) is 7.90. The Hall–Kier alpha value is -1.05. The molecule has 0 saturated heterocycles. The van der Waals surface area contributed by atoms with Gasteiger partial charge in [0.05, 0.1) is 0 Å². The van der Waals surface area contributed by atoms with Gasteiger partial charge in [0.25, 0.3) is 0 Å². The fourth-order valence-corrected chi connectivity index (χ4v) is 2.11. The molecule has 176 valence electrons. The van der Waals surface area contributed by atoms with Crippen molar-refractivity contribution in [2.75, 3.05) is 0 Å². The standard InChI is InChI=1S/C14H15F15/c1-2-3-4-5-6-7-8(15,16)9(17,18)10(19,20)11(21,22)12(23,24)13(25,26)14(27,28)29/h2-7H2,1H3. The molecular formula is C14H15F15. The summed E-state index contributed by atoms with van der Waals surface area (Å²) in [4.78, 5) is 0. The van der Waals surface area contributed by atoms with Crippen molar-refractivity contribution >= 4 is 0 Å². The maximum absolute atomic E-state index is 13.4. The van der Waals surface area contributed by atoms with Gasteiger partial charge in [-0.3, -0.25) is 0 Å². The van der Waals surface area contributed by atoms with Gasteiger partial charge < -0.3 is 0 Å². The van der Waals surface area contributed by atoms with Crippen LogP contribution in [0.25, 0.3) is 0 Å². The highest BCUT2D eigenvalue weighted by molar-refractivity contribution is 5.12. The summed E-state index contributed by atoms with van der Waals surface area (Å²) in [5.74, 6) is -45.8. The summed E-state index contributed by atoms with van der Waals surface area (Å²) >= 11 is 0. The minimum atomic E-state index is -8.20. The van der Waals surface area contributed by atoms with Gasteiger partial charge in [0.1, 0.15) is 0 Å². The highest BCUT2D eigenvalue weighted by Crippen LogP contribution is 2.62. The Morgan fingerprint density at radius 1 is 0.414 bits per heavy atom. The zero-order chi connectivity index (χ0) is 23.7. The molecule has 0 bridgehead atoms. The lowest BCUT2D eigenvalue weighted by atomic mass is 9.89. The molecule has 0 nitrogen and oxygen atoms in total. The van der Waals surface area contributed by atoms with Crippen LogP contribution in [0.5, 0.6) is 0 Å². The number of halogens is 15. The maximum Gasteiger partial charge on any atom is 0.460 e. The van der Waals surface area contributed by atoms with Crippen LogP contribution in [0.2, 0.25) is 0 Å². The maximum atomic E-state index is 13.4. The molecule has 0 aromatic carbocycles. The fourth-order valence-electron chi connectivity index (χ4n) is 2.11. The second kappa shape index (κ2) is 8.23. The van der Waals surface area contributed by atoms with E-state index in [0.717, 1.165) is 0 Å². The lowest BCUT2D eigenvalue weighted by Crippen LogP contribution is -2.72. The van der Waals surface area contributed by atoms with Crippen LogP contribution in [-0.2, 0) is 0 Å². The van der Waals surface area contributed by atoms with Crippen molar-refractivity contribution in [1.82, 2.24) is 0 Å². The van der Waals surface area contributed by atoms with E-state index < -0.39 is 54.6 Å². The lowest BCUT2D eigenvalue weighted by Gasteiger charge is -2.41. The van der Waals surface area contributed by atoms with Crippen LogP contribution in [0.15, 0.2) is 0 Å². The van der Waals surface area contributed by atoms with Crippen molar-refractivity contribution in [3.8, 4) is 0 Å². The molecule has 0 aromatic heterocycles. The van der Waals surface area contributed by atoms with Crippen molar-refractivity contribution in [2.24, 2.45) is 0 Å². The average molecular weight is 468 g/mol. The monoisotopic (exact) mass is 468 g/mol. The Kier molecular flexibility index (Phi) is 7.93. The molecule has 0 aliphatic heterocycles. The van der Waals surface area contributed by atoms with Gasteiger partial charge in [0, 0.05) is 6.42 Å². The number of unbranched alkanes of at least 4 members (excludes halogenated alkanes) is 4. The molecule has 0 saturated carbocycles. The summed E-state index contributed by atoms with van der Waals surface area (Å²) in [5, 5.41) is 0. The van der Waals surface area contributed by atoms with Crippen molar-refractivity contribution in [3.63, 3.8) is 0 Å². The summed E-state index contributed by atoms with van der Waals surface area (Å²) in [5.41, 5.74) is 0. The van der Waals surface area contributed by atoms with Gasteiger partial charge >= 0.3 is 41.7 Å². The SMILES string of the molecule is CCCCCCCC(F)(F)C(F)(F)C(F)(F)C(F)(F)C(F)(F)C(F)(F)C(F)(F)F. The summed E-state index contributed by atoms with van der Waals surface area (Å²) in [6, 6.07) is 0. The van der Waals surface area contributed by atoms with Gasteiger partial charge in [0.15, 0.2) is 0 Å². The Labute approximate surface area is 154 Å². The zero-order valence-electron chi connectivity index (χ0n) is 14.4. The molecule has 0 aliphatic rings. The van der Waals surface area contributed by atoms with Gasteiger partial charge in [-0.05, 0) is 6.42 Å². The molecule has 0 aliphatic carbocycles. The molecule has 0 N–H and O–H groups in total. The molecule has 0 aromatic rings. The Bertz CT molecular complexity index is 532. The van der Waals surface area contributed by atoms with Crippen LogP contribution in [-0.4, -0.2) is 41.7 Å². The summed E-state index contributed by atoms with van der Waals surface area (Å²) in [7, 11) is 0. The van der Waals surface area contributed by atoms with Crippen LogP contribution in [0, 0.1) is 0 Å². The number of rotatable bonds is 11. The summed E-state index contributed by atoms with van der Waals surface area (Å²) < 4.78 is 194. The van der Waals surface area contributed by atoms with E-state index in [4.69, 9.17) is 0 Å². The highest BCUT2D eigenvalue weighted by atomic mass is 19.4. The third-order valence-corrected chi connectivity index (χ3v) is 3.99. The zero-order valence-corrected chi connectivity index (χ0v) is 14.4. The highest BCUT2D eigenvalue weighted by Gasteiger charge is 2.93. The normalized spacial score (nSPS) is 15.7. The summed E-state index contributed by atoms with van der Waals surface area (Å²) in [6.07, 6.45) is -9.97. The molecule has 15 heteroatoms. The van der Waals surface area contributed by atoms with Gasteiger partial charge in [0.2, 0.25) is 0 Å². The van der Waals surface area contributed by atoms with E-state index in [1.54, 1.807) is 6.92 Å². The Morgan fingerprint density at radius 2 is 0.759 bits per heavy atom. The molecule has 0 spiro atoms. The molecule has 0 radical (unpaired) electrons. The topological polar surface area (TPSA) is 0 Å². The Balaban J connectivity index is 5.97. The van der Waals surface area contributed by atoms with Crippen molar-refractivity contribution in [1.29, 1.82) is 0 Å². The number of alkyl halides is 15. The molecule has 0 unspecified atom stereocenters. The largest absolute Gasteiger partial charge is 0.460 e. The van der Waals surface area contributed by atoms with Gasteiger partial charge in [-0.15, -0.1) is 0 Å². The van der Waals surface area contributed by atoms with E-state index in [-0.39, 0.29) is 12.8 Å². The first kappa shape index (κ1) is 27.9. The second-order valence-corrected chi connectivity index (χ2v) is 6.24. The molecule has 0 amide bonds. The Morgan fingerprint density at radius 3 is 1.14 bits per heavy atom. The quantitative estimate of drug-likeness (QED) is 0.215. The van der Waals surface area contributed by atoms with E-state index >= 15 is 0 Å².